The molecule has 1 N–H and O–H groups in total. The number of nitrogens with zero attached hydrogens (tertiary/aromatic N) is 3. The van der Waals surface area contributed by atoms with Crippen molar-refractivity contribution >= 4 is 17.2 Å². The molecule has 5 heteroatoms. The first-order valence-electron chi connectivity index (χ1n) is 9.22. The molecule has 24 heavy (non-hydrogen) atoms. The molecular formula is C19H30N4S. The predicted molar refractivity (Wildman–Crippen MR) is 103 cm³/mol. The quantitative estimate of drug-likeness (QED) is 0.767. The topological polar surface area (TPSA) is 31.4 Å². The minimum Gasteiger partial charge on any atom is -0.377 e. The number of hydrogen-bond acceptors (Lipinski definition) is 4. The van der Waals surface area contributed by atoms with Crippen molar-refractivity contribution in [1.29, 1.82) is 0 Å². The van der Waals surface area contributed by atoms with Gasteiger partial charge in [-0.2, -0.15) is 0 Å². The zero-order valence-electron chi connectivity index (χ0n) is 15.0. The van der Waals surface area contributed by atoms with Gasteiger partial charge in [-0.05, 0) is 70.9 Å². The van der Waals surface area contributed by atoms with E-state index in [4.69, 9.17) is 17.2 Å². The Morgan fingerprint density at radius 2 is 2.04 bits per heavy atom. The molecule has 4 nitrogen and oxygen atoms in total. The van der Waals surface area contributed by atoms with Gasteiger partial charge < -0.3 is 10.2 Å². The van der Waals surface area contributed by atoms with Crippen molar-refractivity contribution in [3.05, 3.63) is 30.1 Å². The van der Waals surface area contributed by atoms with Crippen molar-refractivity contribution in [1.82, 2.24) is 20.1 Å². The molecule has 0 bridgehead atoms. The first-order chi connectivity index (χ1) is 11.6. The third-order valence-electron chi connectivity index (χ3n) is 5.38. The van der Waals surface area contributed by atoms with E-state index in [9.17, 15) is 0 Å². The maximum atomic E-state index is 5.94. The Morgan fingerprint density at radius 3 is 2.62 bits per heavy atom. The average molecular weight is 347 g/mol. The molecule has 0 spiro atoms. The van der Waals surface area contributed by atoms with E-state index in [0.717, 1.165) is 42.8 Å². The average Bonchev–Trinajstić information content (AvgIpc) is 3.43. The van der Waals surface area contributed by atoms with Crippen LogP contribution in [0.2, 0.25) is 0 Å². The van der Waals surface area contributed by atoms with Gasteiger partial charge in [-0.3, -0.25) is 9.88 Å². The Hall–Kier alpha value is -1.04. The lowest BCUT2D eigenvalue weighted by molar-refractivity contribution is 0.122. The molecule has 132 valence electrons. The van der Waals surface area contributed by atoms with Crippen LogP contribution in [0.15, 0.2) is 24.4 Å². The number of thiocarbonyl (C=S) groups is 1. The van der Waals surface area contributed by atoms with Crippen molar-refractivity contribution in [2.45, 2.75) is 37.6 Å². The summed E-state index contributed by atoms with van der Waals surface area (Å²) < 4.78 is 0. The number of pyridine rings is 1. The van der Waals surface area contributed by atoms with Crippen molar-refractivity contribution in [2.24, 2.45) is 5.92 Å². The van der Waals surface area contributed by atoms with Crippen molar-refractivity contribution in [3.63, 3.8) is 0 Å². The standard InChI is InChI=1S/C19H30N4S/c1-22(2)19(17-8-4-5-11-20-17,15-23-12-6-3-7-13-23)18(24)21-14-16-9-10-16/h4-5,8,11,16H,3,6-7,9-10,12-15H2,1-2H3,(H,21,24). The number of piperidine rings is 1. The molecular weight excluding hydrogens is 316 g/mol. The molecule has 1 aliphatic heterocycles. The number of likely N-dealkylation sites (tertiary alicyclic amines) is 1. The molecule has 1 aromatic rings. The summed E-state index contributed by atoms with van der Waals surface area (Å²) in [5.74, 6) is 0.807. The van der Waals surface area contributed by atoms with E-state index < -0.39 is 0 Å². The van der Waals surface area contributed by atoms with Gasteiger partial charge in [-0.25, -0.2) is 0 Å². The molecule has 2 aliphatic rings. The van der Waals surface area contributed by atoms with Gasteiger partial charge in [0.2, 0.25) is 0 Å². The Balaban J connectivity index is 1.87. The lowest BCUT2D eigenvalue weighted by Crippen LogP contribution is -2.59. The molecule has 2 heterocycles. The van der Waals surface area contributed by atoms with Crippen LogP contribution in [0.5, 0.6) is 0 Å². The van der Waals surface area contributed by atoms with E-state index in [1.807, 2.05) is 12.3 Å². The molecule has 1 unspecified atom stereocenters. The minimum atomic E-state index is -0.358. The first kappa shape index (κ1) is 17.8. The highest BCUT2D eigenvalue weighted by atomic mass is 32.1. The summed E-state index contributed by atoms with van der Waals surface area (Å²) in [5, 5.41) is 3.58. The van der Waals surface area contributed by atoms with E-state index in [1.54, 1.807) is 0 Å². The van der Waals surface area contributed by atoms with Crippen LogP contribution in [0, 0.1) is 5.92 Å². The zero-order valence-corrected chi connectivity index (χ0v) is 15.8. The largest absolute Gasteiger partial charge is 0.377 e. The molecule has 2 fully saturated rings. The van der Waals surface area contributed by atoms with Crippen LogP contribution in [-0.4, -0.2) is 60.0 Å². The third kappa shape index (κ3) is 3.95. The van der Waals surface area contributed by atoms with Crippen LogP contribution in [0.25, 0.3) is 0 Å². The van der Waals surface area contributed by atoms with Crippen molar-refractivity contribution < 1.29 is 0 Å². The number of nitrogens with one attached hydrogen (secondary N) is 1. The fraction of sp³-hybridized carbons (Fsp3) is 0.684. The lowest BCUT2D eigenvalue weighted by atomic mass is 9.90. The van der Waals surface area contributed by atoms with Crippen molar-refractivity contribution in [3.8, 4) is 0 Å². The number of hydrogen-bond donors (Lipinski definition) is 1. The highest BCUT2D eigenvalue weighted by Crippen LogP contribution is 2.31. The number of likely N-dealkylation sites (N-methyl/N-ethyl adjacent to an activating group) is 1. The Kier molecular flexibility index (Phi) is 5.85. The smallest absolute Gasteiger partial charge is 0.126 e. The summed E-state index contributed by atoms with van der Waals surface area (Å²) in [6.45, 7) is 4.23. The van der Waals surface area contributed by atoms with Gasteiger partial charge in [-0.1, -0.05) is 24.7 Å². The lowest BCUT2D eigenvalue weighted by Gasteiger charge is -2.44. The zero-order chi connectivity index (χ0) is 17.0. The summed E-state index contributed by atoms with van der Waals surface area (Å²) in [7, 11) is 4.26. The summed E-state index contributed by atoms with van der Waals surface area (Å²) in [6, 6.07) is 6.17. The maximum absolute atomic E-state index is 5.94. The minimum absolute atomic E-state index is 0.358. The van der Waals surface area contributed by atoms with Crippen LogP contribution >= 0.6 is 12.2 Å². The monoisotopic (exact) mass is 346 g/mol. The molecule has 1 atom stereocenters. The van der Waals surface area contributed by atoms with Gasteiger partial charge in [0.25, 0.3) is 0 Å². The van der Waals surface area contributed by atoms with Crippen LogP contribution < -0.4 is 5.32 Å². The number of rotatable bonds is 7. The van der Waals surface area contributed by atoms with E-state index in [1.165, 1.54) is 32.1 Å². The maximum Gasteiger partial charge on any atom is 0.126 e. The normalized spacial score (nSPS) is 21.5. The second-order valence-electron chi connectivity index (χ2n) is 7.46. The highest BCUT2D eigenvalue weighted by Gasteiger charge is 2.42. The van der Waals surface area contributed by atoms with Crippen LogP contribution in [0.4, 0.5) is 0 Å². The fourth-order valence-corrected chi connectivity index (χ4v) is 4.03. The van der Waals surface area contributed by atoms with Gasteiger partial charge in [0.1, 0.15) is 10.5 Å². The summed E-state index contributed by atoms with van der Waals surface area (Å²) >= 11 is 5.94. The van der Waals surface area contributed by atoms with E-state index in [-0.39, 0.29) is 5.54 Å². The predicted octanol–water partition coefficient (Wildman–Crippen LogP) is 2.65. The Bertz CT molecular complexity index is 538. The molecule has 1 saturated carbocycles. The molecule has 0 radical (unpaired) electrons. The Labute approximate surface area is 151 Å². The second-order valence-corrected chi connectivity index (χ2v) is 7.87. The summed E-state index contributed by atoms with van der Waals surface area (Å²) in [5.41, 5.74) is 0.692. The summed E-state index contributed by atoms with van der Waals surface area (Å²) in [4.78, 5) is 10.4. The van der Waals surface area contributed by atoms with Crippen LogP contribution in [0.1, 0.15) is 37.8 Å². The first-order valence-corrected chi connectivity index (χ1v) is 9.63. The van der Waals surface area contributed by atoms with E-state index in [2.05, 4.69) is 41.3 Å². The SMILES string of the molecule is CN(C)C(CN1CCCCC1)(C(=S)NCC1CC1)c1ccccn1. The highest BCUT2D eigenvalue weighted by molar-refractivity contribution is 7.80. The van der Waals surface area contributed by atoms with Gasteiger partial charge in [0.05, 0.1) is 5.69 Å². The van der Waals surface area contributed by atoms with Crippen LogP contribution in [0.3, 0.4) is 0 Å². The molecule has 1 aliphatic carbocycles. The van der Waals surface area contributed by atoms with Gasteiger partial charge in [-0.15, -0.1) is 0 Å². The Morgan fingerprint density at radius 1 is 1.29 bits per heavy atom. The third-order valence-corrected chi connectivity index (χ3v) is 5.86. The molecule has 0 aromatic carbocycles. The molecule has 0 amide bonds. The second kappa shape index (κ2) is 7.89. The van der Waals surface area contributed by atoms with Crippen LogP contribution in [-0.2, 0) is 5.54 Å². The van der Waals surface area contributed by atoms with E-state index >= 15 is 0 Å². The van der Waals surface area contributed by atoms with Gasteiger partial charge in [0, 0.05) is 19.3 Å². The van der Waals surface area contributed by atoms with Crippen molar-refractivity contribution in [2.75, 3.05) is 40.3 Å². The fourth-order valence-electron chi connectivity index (χ4n) is 3.60. The number of aromatic nitrogens is 1. The molecule has 1 saturated heterocycles. The summed E-state index contributed by atoms with van der Waals surface area (Å²) in [6.07, 6.45) is 8.47. The van der Waals surface area contributed by atoms with E-state index in [0.29, 0.717) is 0 Å². The van der Waals surface area contributed by atoms with Gasteiger partial charge in [0.15, 0.2) is 0 Å². The molecule has 1 aromatic heterocycles. The molecule has 3 rings (SSSR count). The van der Waals surface area contributed by atoms with Gasteiger partial charge >= 0.3 is 0 Å².